The first-order valence-electron chi connectivity index (χ1n) is 6.24. The first kappa shape index (κ1) is 15.6. The maximum atomic E-state index is 12.5. The zero-order valence-corrected chi connectivity index (χ0v) is 15.9. The van der Waals surface area contributed by atoms with Crippen LogP contribution >= 0.6 is 61.7 Å². The van der Waals surface area contributed by atoms with Crippen molar-refractivity contribution >= 4 is 79.0 Å². The summed E-state index contributed by atoms with van der Waals surface area (Å²) < 4.78 is 2.05. The lowest BCUT2D eigenvalue weighted by Gasteiger charge is -2.31. The SMILES string of the molecule is O=C1CCc2c(Br)cc(I)cc2N1c1c(Cl)cccc1Cl. The van der Waals surface area contributed by atoms with Crippen LogP contribution in [0.5, 0.6) is 0 Å². The lowest BCUT2D eigenvalue weighted by Crippen LogP contribution is -2.31. The molecule has 0 saturated heterocycles. The van der Waals surface area contributed by atoms with Crippen molar-refractivity contribution in [1.29, 1.82) is 0 Å². The van der Waals surface area contributed by atoms with Gasteiger partial charge in [-0.25, -0.2) is 0 Å². The number of fused-ring (bicyclic) bond motifs is 1. The Balaban J connectivity index is 2.27. The number of hydrogen-bond donors (Lipinski definition) is 0. The van der Waals surface area contributed by atoms with Gasteiger partial charge in [-0.05, 0) is 58.8 Å². The molecule has 0 bridgehead atoms. The smallest absolute Gasteiger partial charge is 0.231 e. The van der Waals surface area contributed by atoms with E-state index in [1.807, 2.05) is 12.1 Å². The summed E-state index contributed by atoms with van der Waals surface area (Å²) in [5.41, 5.74) is 2.51. The van der Waals surface area contributed by atoms with Crippen LogP contribution in [0.25, 0.3) is 0 Å². The van der Waals surface area contributed by atoms with Crippen molar-refractivity contribution in [3.63, 3.8) is 0 Å². The van der Waals surface area contributed by atoms with Crippen LogP contribution in [0.3, 0.4) is 0 Å². The molecule has 0 aromatic heterocycles. The number of para-hydroxylation sites is 1. The number of nitrogens with zero attached hydrogens (tertiary/aromatic N) is 1. The van der Waals surface area contributed by atoms with Crippen LogP contribution in [0.15, 0.2) is 34.8 Å². The highest BCUT2D eigenvalue weighted by atomic mass is 127. The van der Waals surface area contributed by atoms with Crippen molar-refractivity contribution in [2.75, 3.05) is 4.90 Å². The largest absolute Gasteiger partial charge is 0.278 e. The molecule has 6 heteroatoms. The molecule has 21 heavy (non-hydrogen) atoms. The molecule has 0 atom stereocenters. The zero-order chi connectivity index (χ0) is 15.1. The molecule has 2 aromatic rings. The summed E-state index contributed by atoms with van der Waals surface area (Å²) in [6.45, 7) is 0. The monoisotopic (exact) mass is 495 g/mol. The quantitative estimate of drug-likeness (QED) is 0.445. The molecule has 0 unspecified atom stereocenters. The molecule has 1 aliphatic heterocycles. The van der Waals surface area contributed by atoms with Crippen molar-refractivity contribution in [2.45, 2.75) is 12.8 Å². The second-order valence-corrected chi connectivity index (χ2v) is 7.60. The first-order chi connectivity index (χ1) is 9.99. The molecular formula is C15H9BrCl2INO. The number of hydrogen-bond acceptors (Lipinski definition) is 1. The van der Waals surface area contributed by atoms with E-state index in [0.717, 1.165) is 19.3 Å². The molecule has 0 aliphatic carbocycles. The predicted octanol–water partition coefficient (Wildman–Crippen LogP) is 5.97. The average Bonchev–Trinajstić information content (AvgIpc) is 2.40. The second kappa shape index (κ2) is 6.07. The first-order valence-corrected chi connectivity index (χ1v) is 8.86. The Morgan fingerprint density at radius 3 is 2.48 bits per heavy atom. The van der Waals surface area contributed by atoms with Gasteiger partial charge in [-0.15, -0.1) is 0 Å². The van der Waals surface area contributed by atoms with Crippen LogP contribution in [0.1, 0.15) is 12.0 Å². The van der Waals surface area contributed by atoms with Crippen LogP contribution < -0.4 is 4.90 Å². The fourth-order valence-electron chi connectivity index (χ4n) is 2.46. The highest BCUT2D eigenvalue weighted by molar-refractivity contribution is 14.1. The number of halogens is 4. The summed E-state index contributed by atoms with van der Waals surface area (Å²) in [6.07, 6.45) is 1.15. The Hall–Kier alpha value is -0.300. The second-order valence-electron chi connectivity index (χ2n) is 4.68. The van der Waals surface area contributed by atoms with Gasteiger partial charge in [-0.2, -0.15) is 0 Å². The van der Waals surface area contributed by atoms with Gasteiger partial charge in [0.2, 0.25) is 5.91 Å². The van der Waals surface area contributed by atoms with E-state index in [-0.39, 0.29) is 5.91 Å². The summed E-state index contributed by atoms with van der Waals surface area (Å²) in [5, 5.41) is 0.942. The Labute approximate surface area is 154 Å². The third kappa shape index (κ3) is 2.83. The van der Waals surface area contributed by atoms with E-state index < -0.39 is 0 Å². The van der Waals surface area contributed by atoms with Gasteiger partial charge in [0.25, 0.3) is 0 Å². The van der Waals surface area contributed by atoms with Crippen LogP contribution in [-0.2, 0) is 11.2 Å². The van der Waals surface area contributed by atoms with E-state index in [9.17, 15) is 4.79 Å². The zero-order valence-electron chi connectivity index (χ0n) is 10.7. The van der Waals surface area contributed by atoms with Crippen LogP contribution in [0.4, 0.5) is 11.4 Å². The fourth-order valence-corrected chi connectivity index (χ4v) is 4.71. The van der Waals surface area contributed by atoms with Crippen LogP contribution in [0, 0.1) is 3.57 Å². The van der Waals surface area contributed by atoms with Gasteiger partial charge in [0.1, 0.15) is 0 Å². The minimum Gasteiger partial charge on any atom is -0.278 e. The maximum Gasteiger partial charge on any atom is 0.231 e. The van der Waals surface area contributed by atoms with E-state index >= 15 is 0 Å². The minimum absolute atomic E-state index is 0.00593. The van der Waals surface area contributed by atoms with Gasteiger partial charge in [0, 0.05) is 14.5 Å². The van der Waals surface area contributed by atoms with E-state index in [2.05, 4.69) is 38.5 Å². The molecule has 1 aliphatic rings. The normalized spacial score (nSPS) is 14.3. The summed E-state index contributed by atoms with van der Waals surface area (Å²) in [6, 6.07) is 9.29. The van der Waals surface area contributed by atoms with E-state index in [0.29, 0.717) is 28.6 Å². The van der Waals surface area contributed by atoms with Gasteiger partial charge in [0.05, 0.1) is 21.4 Å². The molecule has 1 amide bonds. The Morgan fingerprint density at radius 1 is 1.14 bits per heavy atom. The number of benzene rings is 2. The molecule has 0 radical (unpaired) electrons. The van der Waals surface area contributed by atoms with Crippen LogP contribution in [0.2, 0.25) is 10.0 Å². The fraction of sp³-hybridized carbons (Fsp3) is 0.133. The molecule has 3 rings (SSSR count). The molecule has 0 spiro atoms. The highest BCUT2D eigenvalue weighted by Gasteiger charge is 2.30. The molecule has 2 nitrogen and oxygen atoms in total. The summed E-state index contributed by atoms with van der Waals surface area (Å²) in [7, 11) is 0. The van der Waals surface area contributed by atoms with Gasteiger partial charge in [0.15, 0.2) is 0 Å². The number of carbonyl (C=O) groups is 1. The van der Waals surface area contributed by atoms with E-state index in [1.165, 1.54) is 0 Å². The van der Waals surface area contributed by atoms with E-state index in [4.69, 9.17) is 23.2 Å². The third-order valence-corrected chi connectivity index (χ3v) is 5.32. The molecule has 0 N–H and O–H groups in total. The van der Waals surface area contributed by atoms with Gasteiger partial charge in [-0.3, -0.25) is 9.69 Å². The van der Waals surface area contributed by atoms with Gasteiger partial charge >= 0.3 is 0 Å². The Morgan fingerprint density at radius 2 is 1.81 bits per heavy atom. The molecule has 2 aromatic carbocycles. The topological polar surface area (TPSA) is 20.3 Å². The van der Waals surface area contributed by atoms with Crippen molar-refractivity contribution < 1.29 is 4.79 Å². The van der Waals surface area contributed by atoms with Crippen LogP contribution in [-0.4, -0.2) is 5.91 Å². The average molecular weight is 497 g/mol. The highest BCUT2D eigenvalue weighted by Crippen LogP contribution is 2.44. The lowest BCUT2D eigenvalue weighted by atomic mass is 10.0. The summed E-state index contributed by atoms with van der Waals surface area (Å²) in [5.74, 6) is 0.00593. The standard InChI is InChI=1S/C15H9BrCl2INO/c16-10-6-8(19)7-13-9(10)4-5-14(21)20(13)15-11(17)2-1-3-12(15)18/h1-3,6-7H,4-5H2. The minimum atomic E-state index is 0.00593. The van der Waals surface area contributed by atoms with Crippen molar-refractivity contribution in [1.82, 2.24) is 0 Å². The predicted molar refractivity (Wildman–Crippen MR) is 98.8 cm³/mol. The molecule has 0 saturated carbocycles. The maximum absolute atomic E-state index is 12.5. The number of rotatable bonds is 1. The lowest BCUT2D eigenvalue weighted by molar-refractivity contribution is -0.118. The Kier molecular flexibility index (Phi) is 4.50. The van der Waals surface area contributed by atoms with Gasteiger partial charge < -0.3 is 0 Å². The third-order valence-electron chi connectivity index (χ3n) is 3.38. The summed E-state index contributed by atoms with van der Waals surface area (Å²) >= 11 is 18.4. The molecular weight excluding hydrogens is 488 g/mol. The van der Waals surface area contributed by atoms with Gasteiger partial charge in [-0.1, -0.05) is 45.2 Å². The van der Waals surface area contributed by atoms with Crippen molar-refractivity contribution in [3.05, 3.63) is 54.0 Å². The summed E-state index contributed by atoms with van der Waals surface area (Å²) in [4.78, 5) is 14.1. The number of carbonyl (C=O) groups excluding carboxylic acids is 1. The molecule has 108 valence electrons. The van der Waals surface area contributed by atoms with E-state index in [1.54, 1.807) is 23.1 Å². The van der Waals surface area contributed by atoms with Crippen molar-refractivity contribution in [3.8, 4) is 0 Å². The Bertz CT molecular complexity index is 730. The number of amides is 1. The number of anilines is 2. The molecule has 0 fully saturated rings. The van der Waals surface area contributed by atoms with Crippen molar-refractivity contribution in [2.24, 2.45) is 0 Å². The molecule has 1 heterocycles.